The van der Waals surface area contributed by atoms with Crippen molar-refractivity contribution in [3.05, 3.63) is 48.6 Å². The highest BCUT2D eigenvalue weighted by atomic mass is 15.4. The number of hydrogen-bond acceptors (Lipinski definition) is 5. The lowest BCUT2D eigenvalue weighted by atomic mass is 10.0. The van der Waals surface area contributed by atoms with Crippen LogP contribution in [0.15, 0.2) is 48.1 Å². The molecular formula is C20H26N6. The lowest BCUT2D eigenvalue weighted by molar-refractivity contribution is 0.504. The van der Waals surface area contributed by atoms with Crippen LogP contribution >= 0.6 is 0 Å². The molecule has 6 nitrogen and oxygen atoms in total. The van der Waals surface area contributed by atoms with Crippen LogP contribution in [0.25, 0.3) is 16.6 Å². The van der Waals surface area contributed by atoms with Gasteiger partial charge in [-0.05, 0) is 24.6 Å². The number of nitrogens with one attached hydrogen (secondary N) is 1. The number of aromatic nitrogens is 3. The maximum Gasteiger partial charge on any atom is 0.221 e. The van der Waals surface area contributed by atoms with Gasteiger partial charge in [-0.3, -0.25) is 0 Å². The minimum absolute atomic E-state index is 0.256. The van der Waals surface area contributed by atoms with Gasteiger partial charge < -0.3 is 10.7 Å². The summed E-state index contributed by atoms with van der Waals surface area (Å²) in [5, 5.41) is 6.82. The highest BCUT2D eigenvalue weighted by molar-refractivity contribution is 5.94. The molecule has 2 aromatic rings. The summed E-state index contributed by atoms with van der Waals surface area (Å²) in [6.45, 7) is 5.85. The van der Waals surface area contributed by atoms with Gasteiger partial charge >= 0.3 is 0 Å². The molecule has 0 bridgehead atoms. The topological polar surface area (TPSA) is 83.2 Å². The number of fused-ring (bicyclic) bond motifs is 1. The van der Waals surface area contributed by atoms with Crippen LogP contribution in [0, 0.1) is 0 Å². The van der Waals surface area contributed by atoms with Gasteiger partial charge in [-0.15, -0.1) is 0 Å². The third-order valence-corrected chi connectivity index (χ3v) is 4.51. The van der Waals surface area contributed by atoms with Crippen LogP contribution in [0.3, 0.4) is 0 Å². The van der Waals surface area contributed by atoms with Crippen LogP contribution < -0.4 is 5.73 Å². The van der Waals surface area contributed by atoms with E-state index in [9.17, 15) is 0 Å². The number of H-pyrrole nitrogens is 1. The first-order valence-electron chi connectivity index (χ1n) is 9.15. The predicted molar refractivity (Wildman–Crippen MR) is 108 cm³/mol. The predicted octanol–water partition coefficient (Wildman–Crippen LogP) is 4.61. The molecule has 1 aliphatic heterocycles. The third kappa shape index (κ3) is 4.20. The summed E-state index contributed by atoms with van der Waals surface area (Å²) in [6, 6.07) is 0. The van der Waals surface area contributed by atoms with E-state index in [1.165, 1.54) is 38.5 Å². The van der Waals surface area contributed by atoms with Gasteiger partial charge in [-0.2, -0.15) is 10.1 Å². The van der Waals surface area contributed by atoms with E-state index < -0.39 is 0 Å². The standard InChI is InChI=1S/C14H14N6.C6H12/c1-3-18-20-5-4-10(6-9(20)2)11-7-16-13-12(11)8-17-14(15)19-13;1-2-4-6-5-3-1/h3-8H,2H2,1H3,(H3,15,16,17,19);1-6H2/b18-3-;. The number of nitrogens with zero attached hydrogens (tertiary/aromatic N) is 4. The second kappa shape index (κ2) is 8.47. The first-order valence-corrected chi connectivity index (χ1v) is 9.15. The van der Waals surface area contributed by atoms with Crippen LogP contribution in [0.2, 0.25) is 0 Å². The Morgan fingerprint density at radius 1 is 1.23 bits per heavy atom. The Balaban J connectivity index is 0.000000278. The summed E-state index contributed by atoms with van der Waals surface area (Å²) >= 11 is 0. The van der Waals surface area contributed by atoms with Gasteiger partial charge in [-0.25, -0.2) is 9.99 Å². The van der Waals surface area contributed by atoms with E-state index in [1.54, 1.807) is 17.4 Å². The molecule has 6 heteroatoms. The van der Waals surface area contributed by atoms with Gasteiger partial charge in [0.2, 0.25) is 5.95 Å². The molecule has 3 N–H and O–H groups in total. The lowest BCUT2D eigenvalue weighted by Gasteiger charge is -2.19. The second-order valence-electron chi connectivity index (χ2n) is 6.44. The summed E-state index contributed by atoms with van der Waals surface area (Å²) in [5.41, 5.74) is 9.14. The maximum atomic E-state index is 5.58. The Hall–Kier alpha value is -2.89. The maximum absolute atomic E-state index is 5.58. The van der Waals surface area contributed by atoms with Crippen molar-refractivity contribution < 1.29 is 0 Å². The minimum Gasteiger partial charge on any atom is -0.368 e. The summed E-state index contributed by atoms with van der Waals surface area (Å²) in [7, 11) is 0. The zero-order valence-corrected chi connectivity index (χ0v) is 15.3. The SMILES string of the molecule is C1CCCCC1.C=C1C=C(c2c[nH]c3nc(N)ncc23)C=CN1/N=C\C. The van der Waals surface area contributed by atoms with E-state index in [0.29, 0.717) is 0 Å². The average Bonchev–Trinajstić information content (AvgIpc) is 3.08. The molecule has 1 saturated carbocycles. The summed E-state index contributed by atoms with van der Waals surface area (Å²) in [6.07, 6.45) is 20.1. The molecule has 0 atom stereocenters. The van der Waals surface area contributed by atoms with E-state index in [1.807, 2.05) is 31.5 Å². The molecule has 3 heterocycles. The Labute approximate surface area is 154 Å². The highest BCUT2D eigenvalue weighted by Gasteiger charge is 2.13. The van der Waals surface area contributed by atoms with Crippen molar-refractivity contribution >= 4 is 28.8 Å². The van der Waals surface area contributed by atoms with Gasteiger partial charge in [0.25, 0.3) is 0 Å². The molecule has 1 aliphatic carbocycles. The van der Waals surface area contributed by atoms with Gasteiger partial charge in [0.15, 0.2) is 0 Å². The normalized spacial score (nSPS) is 17.3. The van der Waals surface area contributed by atoms with E-state index in [-0.39, 0.29) is 5.95 Å². The smallest absolute Gasteiger partial charge is 0.221 e. The zero-order chi connectivity index (χ0) is 18.4. The molecule has 1 fully saturated rings. The van der Waals surface area contributed by atoms with E-state index in [4.69, 9.17) is 5.73 Å². The van der Waals surface area contributed by atoms with Crippen molar-refractivity contribution in [1.82, 2.24) is 20.0 Å². The molecule has 0 radical (unpaired) electrons. The van der Waals surface area contributed by atoms with Crippen molar-refractivity contribution in [2.45, 2.75) is 45.4 Å². The van der Waals surface area contributed by atoms with Gasteiger partial charge in [0.1, 0.15) is 5.65 Å². The summed E-state index contributed by atoms with van der Waals surface area (Å²) in [4.78, 5) is 11.3. The molecule has 2 aromatic heterocycles. The number of hydrogen-bond donors (Lipinski definition) is 2. The van der Waals surface area contributed by atoms with Crippen LogP contribution in [0.5, 0.6) is 0 Å². The summed E-state index contributed by atoms with van der Waals surface area (Å²) < 4.78 is 0. The molecule has 2 aliphatic rings. The Bertz CT molecular complexity index is 843. The molecule has 0 unspecified atom stereocenters. The number of nitrogens with two attached hydrogens (primary N) is 1. The zero-order valence-electron chi connectivity index (χ0n) is 15.3. The highest BCUT2D eigenvalue weighted by Crippen LogP contribution is 2.29. The second-order valence-corrected chi connectivity index (χ2v) is 6.44. The van der Waals surface area contributed by atoms with Crippen molar-refractivity contribution in [3.63, 3.8) is 0 Å². The number of rotatable bonds is 2. The monoisotopic (exact) mass is 350 g/mol. The van der Waals surface area contributed by atoms with E-state index in [0.717, 1.165) is 27.9 Å². The molecular weight excluding hydrogens is 324 g/mol. The van der Waals surface area contributed by atoms with Gasteiger partial charge in [-0.1, -0.05) is 45.1 Å². The quantitative estimate of drug-likeness (QED) is 0.775. The Morgan fingerprint density at radius 2 is 1.92 bits per heavy atom. The first kappa shape index (κ1) is 17.9. The lowest BCUT2D eigenvalue weighted by Crippen LogP contribution is -2.10. The van der Waals surface area contributed by atoms with E-state index in [2.05, 4.69) is 26.6 Å². The molecule has 4 rings (SSSR count). The van der Waals surface area contributed by atoms with Crippen LogP contribution in [-0.4, -0.2) is 26.2 Å². The number of nitrogen functional groups attached to an aromatic ring is 1. The Kier molecular flexibility index (Phi) is 5.84. The van der Waals surface area contributed by atoms with Crippen molar-refractivity contribution in [1.29, 1.82) is 0 Å². The largest absolute Gasteiger partial charge is 0.368 e. The van der Waals surface area contributed by atoms with E-state index >= 15 is 0 Å². The van der Waals surface area contributed by atoms with Crippen molar-refractivity contribution in [2.75, 3.05) is 5.73 Å². The number of hydrazone groups is 1. The molecule has 0 aromatic carbocycles. The fraction of sp³-hybridized carbons (Fsp3) is 0.350. The third-order valence-electron chi connectivity index (χ3n) is 4.51. The number of anilines is 1. The Morgan fingerprint density at radius 3 is 2.54 bits per heavy atom. The van der Waals surface area contributed by atoms with Gasteiger partial charge in [0, 0.05) is 35.8 Å². The first-order chi connectivity index (χ1) is 12.7. The number of allylic oxidation sites excluding steroid dienone is 3. The van der Waals surface area contributed by atoms with Crippen LogP contribution in [-0.2, 0) is 0 Å². The van der Waals surface area contributed by atoms with Crippen molar-refractivity contribution in [3.8, 4) is 0 Å². The molecule has 0 saturated heterocycles. The fourth-order valence-corrected chi connectivity index (χ4v) is 3.17. The van der Waals surface area contributed by atoms with Crippen LogP contribution in [0.1, 0.15) is 51.0 Å². The molecule has 136 valence electrons. The average molecular weight is 350 g/mol. The van der Waals surface area contributed by atoms with Crippen molar-refractivity contribution in [2.24, 2.45) is 5.10 Å². The minimum atomic E-state index is 0.256. The molecule has 0 amide bonds. The summed E-state index contributed by atoms with van der Waals surface area (Å²) in [5.74, 6) is 0.256. The van der Waals surface area contributed by atoms with Crippen LogP contribution in [0.4, 0.5) is 5.95 Å². The molecule has 0 spiro atoms. The fourth-order valence-electron chi connectivity index (χ4n) is 3.17. The number of aromatic amines is 1. The molecule has 26 heavy (non-hydrogen) atoms. The van der Waals surface area contributed by atoms with Gasteiger partial charge in [0.05, 0.1) is 5.70 Å².